The maximum atomic E-state index is 12.3. The predicted octanol–water partition coefficient (Wildman–Crippen LogP) is 3.65. The molecule has 0 aliphatic rings. The molecule has 0 aliphatic heterocycles. The molecular formula is C7H4BrF3IN. The third kappa shape index (κ3) is 2.49. The van der Waals surface area contributed by atoms with Crippen LogP contribution in [-0.2, 0) is 6.18 Å². The summed E-state index contributed by atoms with van der Waals surface area (Å²) in [6.07, 6.45) is -4.38. The first-order chi connectivity index (χ1) is 5.82. The van der Waals surface area contributed by atoms with E-state index in [1.165, 1.54) is 6.07 Å². The van der Waals surface area contributed by atoms with Gasteiger partial charge in [0, 0.05) is 13.7 Å². The van der Waals surface area contributed by atoms with Crippen LogP contribution in [0.25, 0.3) is 0 Å². The third-order valence-electron chi connectivity index (χ3n) is 1.40. The second-order valence-corrected chi connectivity index (χ2v) is 4.37. The second-order valence-electron chi connectivity index (χ2n) is 2.35. The number of nitrogens with two attached hydrogens (primary N) is 1. The Morgan fingerprint density at radius 1 is 1.31 bits per heavy atom. The molecule has 0 amide bonds. The minimum atomic E-state index is -4.38. The Morgan fingerprint density at radius 2 is 1.85 bits per heavy atom. The fraction of sp³-hybridized carbons (Fsp3) is 0.143. The smallest absolute Gasteiger partial charge is 0.398 e. The van der Waals surface area contributed by atoms with Crippen LogP contribution < -0.4 is 5.73 Å². The van der Waals surface area contributed by atoms with Crippen molar-refractivity contribution in [1.82, 2.24) is 0 Å². The molecule has 1 nitrogen and oxygen atoms in total. The highest BCUT2D eigenvalue weighted by molar-refractivity contribution is 14.1. The molecule has 0 saturated carbocycles. The molecule has 1 aromatic rings. The van der Waals surface area contributed by atoms with Crippen LogP contribution in [0.5, 0.6) is 0 Å². The normalized spacial score (nSPS) is 11.8. The van der Waals surface area contributed by atoms with Gasteiger partial charge in [0.15, 0.2) is 0 Å². The summed E-state index contributed by atoms with van der Waals surface area (Å²) in [5.41, 5.74) is 4.17. The van der Waals surface area contributed by atoms with Gasteiger partial charge >= 0.3 is 6.18 Å². The topological polar surface area (TPSA) is 26.0 Å². The minimum Gasteiger partial charge on any atom is -0.398 e. The first-order valence-electron chi connectivity index (χ1n) is 3.14. The van der Waals surface area contributed by atoms with Gasteiger partial charge in [-0.25, -0.2) is 0 Å². The van der Waals surface area contributed by atoms with Gasteiger partial charge in [0.1, 0.15) is 0 Å². The van der Waals surface area contributed by atoms with E-state index in [9.17, 15) is 13.2 Å². The second kappa shape index (κ2) is 3.64. The van der Waals surface area contributed by atoms with Gasteiger partial charge in [-0.15, -0.1) is 0 Å². The fourth-order valence-electron chi connectivity index (χ4n) is 0.808. The van der Waals surface area contributed by atoms with Crippen molar-refractivity contribution in [3.63, 3.8) is 0 Å². The van der Waals surface area contributed by atoms with Crippen LogP contribution in [0, 0.1) is 3.57 Å². The van der Waals surface area contributed by atoms with Gasteiger partial charge in [-0.3, -0.25) is 0 Å². The highest BCUT2D eigenvalue weighted by Crippen LogP contribution is 2.36. The molecule has 6 heteroatoms. The highest BCUT2D eigenvalue weighted by Gasteiger charge is 2.33. The average Bonchev–Trinajstić information content (AvgIpc) is 1.94. The van der Waals surface area contributed by atoms with Crippen LogP contribution in [0.1, 0.15) is 5.56 Å². The zero-order chi connectivity index (χ0) is 10.2. The molecule has 0 aliphatic carbocycles. The summed E-state index contributed by atoms with van der Waals surface area (Å²) in [5.74, 6) is 0. The van der Waals surface area contributed by atoms with Crippen LogP contribution in [0.2, 0.25) is 0 Å². The quantitative estimate of drug-likeness (QED) is 0.551. The molecule has 0 fully saturated rings. The number of hydrogen-bond donors (Lipinski definition) is 1. The zero-order valence-corrected chi connectivity index (χ0v) is 9.87. The van der Waals surface area contributed by atoms with Crippen molar-refractivity contribution in [2.75, 3.05) is 5.73 Å². The highest BCUT2D eigenvalue weighted by atomic mass is 127. The van der Waals surface area contributed by atoms with E-state index in [2.05, 4.69) is 15.9 Å². The Morgan fingerprint density at radius 3 is 2.31 bits per heavy atom. The molecule has 13 heavy (non-hydrogen) atoms. The minimum absolute atomic E-state index is 0.264. The molecule has 0 saturated heterocycles. The fourth-order valence-corrected chi connectivity index (χ4v) is 1.64. The van der Waals surface area contributed by atoms with Crippen LogP contribution in [0.4, 0.5) is 18.9 Å². The molecule has 2 N–H and O–H groups in total. The van der Waals surface area contributed by atoms with Crippen molar-refractivity contribution in [3.05, 3.63) is 25.7 Å². The lowest BCUT2D eigenvalue weighted by atomic mass is 10.2. The first kappa shape index (κ1) is 11.1. The van der Waals surface area contributed by atoms with E-state index in [0.29, 0.717) is 8.04 Å². The van der Waals surface area contributed by atoms with Crippen molar-refractivity contribution in [1.29, 1.82) is 0 Å². The molecule has 72 valence electrons. The summed E-state index contributed by atoms with van der Waals surface area (Å²) in [7, 11) is 0. The molecule has 0 unspecified atom stereocenters. The standard InChI is InChI=1S/C7H4BrF3IN/c8-4-2-6(13)3(1-5(4)12)7(9,10)11/h1-2H,13H2. The molecule has 0 heterocycles. The zero-order valence-electron chi connectivity index (χ0n) is 6.12. The molecule has 0 spiro atoms. The van der Waals surface area contributed by atoms with Crippen LogP contribution >= 0.6 is 38.5 Å². The van der Waals surface area contributed by atoms with E-state index in [1.807, 2.05) is 0 Å². The van der Waals surface area contributed by atoms with Gasteiger partial charge in [0.25, 0.3) is 0 Å². The molecule has 0 atom stereocenters. The number of hydrogen-bond acceptors (Lipinski definition) is 1. The number of benzene rings is 1. The molecule has 0 bridgehead atoms. The Balaban J connectivity index is 3.32. The van der Waals surface area contributed by atoms with Crippen LogP contribution in [0.15, 0.2) is 16.6 Å². The lowest BCUT2D eigenvalue weighted by Crippen LogP contribution is -2.09. The van der Waals surface area contributed by atoms with Crippen molar-refractivity contribution >= 4 is 44.2 Å². The molecule has 0 aromatic heterocycles. The third-order valence-corrected chi connectivity index (χ3v) is 3.69. The van der Waals surface area contributed by atoms with Gasteiger partial charge in [-0.2, -0.15) is 13.2 Å². The SMILES string of the molecule is Nc1cc(Br)c(I)cc1C(F)(F)F. The van der Waals surface area contributed by atoms with E-state index in [-0.39, 0.29) is 5.69 Å². The Bertz CT molecular complexity index is 337. The predicted molar refractivity (Wildman–Crippen MR) is 56.3 cm³/mol. The number of anilines is 1. The van der Waals surface area contributed by atoms with E-state index >= 15 is 0 Å². The van der Waals surface area contributed by atoms with E-state index in [0.717, 1.165) is 6.07 Å². The lowest BCUT2D eigenvalue weighted by molar-refractivity contribution is -0.136. The summed E-state index contributed by atoms with van der Waals surface area (Å²) in [6.45, 7) is 0. The maximum absolute atomic E-state index is 12.3. The Labute approximate surface area is 94.8 Å². The first-order valence-corrected chi connectivity index (χ1v) is 5.01. The van der Waals surface area contributed by atoms with Crippen molar-refractivity contribution in [3.8, 4) is 0 Å². The summed E-state index contributed by atoms with van der Waals surface area (Å²) in [5, 5.41) is 0. The van der Waals surface area contributed by atoms with Gasteiger partial charge in [0.2, 0.25) is 0 Å². The summed E-state index contributed by atoms with van der Waals surface area (Å²) < 4.78 is 37.8. The van der Waals surface area contributed by atoms with E-state index < -0.39 is 11.7 Å². The van der Waals surface area contributed by atoms with Gasteiger partial charge in [0.05, 0.1) is 5.56 Å². The van der Waals surface area contributed by atoms with Crippen molar-refractivity contribution < 1.29 is 13.2 Å². The lowest BCUT2D eigenvalue weighted by Gasteiger charge is -2.10. The van der Waals surface area contributed by atoms with Gasteiger partial charge in [-0.1, -0.05) is 0 Å². The summed E-state index contributed by atoms with van der Waals surface area (Å²) >= 11 is 4.90. The van der Waals surface area contributed by atoms with Gasteiger partial charge in [-0.05, 0) is 50.7 Å². The molecule has 1 rings (SSSR count). The molecule has 0 radical (unpaired) electrons. The van der Waals surface area contributed by atoms with Crippen molar-refractivity contribution in [2.45, 2.75) is 6.18 Å². The largest absolute Gasteiger partial charge is 0.418 e. The maximum Gasteiger partial charge on any atom is 0.418 e. The summed E-state index contributed by atoms with van der Waals surface area (Å²) in [4.78, 5) is 0. The number of halogens is 5. The number of rotatable bonds is 0. The van der Waals surface area contributed by atoms with E-state index in [4.69, 9.17) is 5.73 Å². The summed E-state index contributed by atoms with van der Waals surface area (Å²) in [6, 6.07) is 2.27. The number of alkyl halides is 3. The van der Waals surface area contributed by atoms with Crippen molar-refractivity contribution in [2.24, 2.45) is 0 Å². The molecular weight excluding hydrogens is 362 g/mol. The monoisotopic (exact) mass is 365 g/mol. The molecule has 1 aromatic carbocycles. The Kier molecular flexibility index (Phi) is 3.11. The Hall–Kier alpha value is 0.0200. The van der Waals surface area contributed by atoms with Gasteiger partial charge < -0.3 is 5.73 Å². The average molecular weight is 366 g/mol. The van der Waals surface area contributed by atoms with E-state index in [1.54, 1.807) is 22.6 Å². The number of nitrogen functional groups attached to an aromatic ring is 1. The van der Waals surface area contributed by atoms with Crippen LogP contribution in [0.3, 0.4) is 0 Å². The van der Waals surface area contributed by atoms with Crippen LogP contribution in [-0.4, -0.2) is 0 Å².